The predicted molar refractivity (Wildman–Crippen MR) is 111 cm³/mol. The standard InChI is InChI=1S/C21H17N5OS/c22-20-9-8-18(19-5-1-4-16(13-27)28-19)25-26(20)21(23)12-14-6-7-17-15(11-14)3-2-10-24-17/h1-11,13,16,22-23H,12H2. The van der Waals surface area contributed by atoms with Gasteiger partial charge in [-0.05, 0) is 42.0 Å². The molecule has 28 heavy (non-hydrogen) atoms. The quantitative estimate of drug-likeness (QED) is 0.408. The highest BCUT2D eigenvalue weighted by Crippen LogP contribution is 2.32. The molecule has 2 aromatic heterocycles. The monoisotopic (exact) mass is 387 g/mol. The van der Waals surface area contributed by atoms with Crippen molar-refractivity contribution in [2.24, 2.45) is 0 Å². The lowest BCUT2D eigenvalue weighted by Gasteiger charge is -2.14. The maximum atomic E-state index is 11.1. The van der Waals surface area contributed by atoms with Gasteiger partial charge in [0.05, 0.1) is 16.5 Å². The molecule has 0 bridgehead atoms. The Morgan fingerprint density at radius 3 is 3.00 bits per heavy atom. The molecule has 3 heterocycles. The van der Waals surface area contributed by atoms with Gasteiger partial charge < -0.3 is 4.79 Å². The molecule has 2 N–H and O–H groups in total. The average molecular weight is 387 g/mol. The maximum absolute atomic E-state index is 11.1. The first kappa shape index (κ1) is 18.1. The highest BCUT2D eigenvalue weighted by molar-refractivity contribution is 8.09. The number of aldehydes is 1. The van der Waals surface area contributed by atoms with Crippen LogP contribution in [0.3, 0.4) is 0 Å². The van der Waals surface area contributed by atoms with E-state index in [1.165, 1.54) is 16.4 Å². The van der Waals surface area contributed by atoms with Crippen LogP contribution in [0.1, 0.15) is 11.3 Å². The largest absolute Gasteiger partial charge is 0.302 e. The summed E-state index contributed by atoms with van der Waals surface area (Å²) in [5.74, 6) is 0.207. The van der Waals surface area contributed by atoms with E-state index in [2.05, 4.69) is 10.1 Å². The number of thioether (sulfide) groups is 1. The summed E-state index contributed by atoms with van der Waals surface area (Å²) in [6, 6.07) is 13.1. The van der Waals surface area contributed by atoms with E-state index in [1.54, 1.807) is 18.3 Å². The van der Waals surface area contributed by atoms with Crippen molar-refractivity contribution in [2.75, 3.05) is 0 Å². The average Bonchev–Trinajstić information content (AvgIpc) is 2.74. The third-order valence-electron chi connectivity index (χ3n) is 4.33. The molecule has 0 amide bonds. The predicted octanol–water partition coefficient (Wildman–Crippen LogP) is 3.19. The summed E-state index contributed by atoms with van der Waals surface area (Å²) in [6.45, 7) is 0. The Morgan fingerprint density at radius 1 is 1.25 bits per heavy atom. The Bertz CT molecular complexity index is 1190. The Labute approximate surface area is 165 Å². The van der Waals surface area contributed by atoms with Gasteiger partial charge in [-0.1, -0.05) is 24.3 Å². The number of benzene rings is 1. The maximum Gasteiger partial charge on any atom is 0.148 e. The lowest BCUT2D eigenvalue weighted by molar-refractivity contribution is -0.106. The number of pyridine rings is 1. The number of aromatic nitrogens is 3. The number of rotatable bonds is 4. The topological polar surface area (TPSA) is 95.5 Å². The number of nitrogens with one attached hydrogen (secondary N) is 2. The Hall–Kier alpha value is -3.32. The molecule has 3 aromatic rings. The molecule has 1 unspecified atom stereocenters. The van der Waals surface area contributed by atoms with E-state index in [0.717, 1.165) is 27.7 Å². The van der Waals surface area contributed by atoms with Crippen LogP contribution in [0.15, 0.2) is 66.9 Å². The highest BCUT2D eigenvalue weighted by atomic mass is 32.2. The van der Waals surface area contributed by atoms with Crippen LogP contribution >= 0.6 is 11.8 Å². The number of nitrogens with zero attached hydrogens (tertiary/aromatic N) is 3. The molecule has 1 aliphatic rings. The van der Waals surface area contributed by atoms with Gasteiger partial charge in [-0.25, -0.2) is 4.68 Å². The van der Waals surface area contributed by atoms with E-state index in [9.17, 15) is 4.79 Å². The van der Waals surface area contributed by atoms with Crippen molar-refractivity contribution in [2.45, 2.75) is 11.7 Å². The Kier molecular flexibility index (Phi) is 4.99. The zero-order valence-corrected chi connectivity index (χ0v) is 15.7. The fourth-order valence-electron chi connectivity index (χ4n) is 2.96. The molecular weight excluding hydrogens is 370 g/mol. The molecule has 1 aromatic carbocycles. The summed E-state index contributed by atoms with van der Waals surface area (Å²) in [5, 5.41) is 21.9. The summed E-state index contributed by atoms with van der Waals surface area (Å²) in [4.78, 5) is 16.2. The minimum atomic E-state index is -0.239. The fourth-order valence-corrected chi connectivity index (χ4v) is 3.87. The van der Waals surface area contributed by atoms with Gasteiger partial charge >= 0.3 is 0 Å². The molecule has 4 rings (SSSR count). The second-order valence-corrected chi connectivity index (χ2v) is 7.52. The minimum Gasteiger partial charge on any atom is -0.302 e. The zero-order valence-electron chi connectivity index (χ0n) is 14.9. The number of allylic oxidation sites excluding steroid dienone is 2. The van der Waals surface area contributed by atoms with Crippen molar-refractivity contribution in [3.63, 3.8) is 0 Å². The van der Waals surface area contributed by atoms with E-state index in [0.29, 0.717) is 12.1 Å². The number of fused-ring (bicyclic) bond motifs is 1. The molecule has 0 saturated heterocycles. The van der Waals surface area contributed by atoms with Gasteiger partial charge in [-0.3, -0.25) is 15.8 Å². The van der Waals surface area contributed by atoms with Crippen molar-refractivity contribution in [1.29, 1.82) is 10.8 Å². The molecule has 0 radical (unpaired) electrons. The Balaban J connectivity index is 1.61. The van der Waals surface area contributed by atoms with Gasteiger partial charge in [0.25, 0.3) is 0 Å². The van der Waals surface area contributed by atoms with Crippen LogP contribution in [0.25, 0.3) is 15.8 Å². The number of carbonyl (C=O) groups excluding carboxylic acids is 1. The van der Waals surface area contributed by atoms with Crippen LogP contribution in [0.5, 0.6) is 0 Å². The van der Waals surface area contributed by atoms with Crippen molar-refractivity contribution in [3.05, 3.63) is 83.6 Å². The highest BCUT2D eigenvalue weighted by Gasteiger charge is 2.15. The van der Waals surface area contributed by atoms with E-state index < -0.39 is 0 Å². The van der Waals surface area contributed by atoms with Crippen molar-refractivity contribution in [3.8, 4) is 0 Å². The third-order valence-corrected chi connectivity index (χ3v) is 5.47. The van der Waals surface area contributed by atoms with Crippen molar-refractivity contribution < 1.29 is 4.79 Å². The number of hydrogen-bond acceptors (Lipinski definition) is 6. The minimum absolute atomic E-state index is 0.139. The van der Waals surface area contributed by atoms with Crippen LogP contribution in [0.2, 0.25) is 0 Å². The van der Waals surface area contributed by atoms with E-state index >= 15 is 0 Å². The molecule has 1 aliphatic heterocycles. The number of carbonyl (C=O) groups is 1. The van der Waals surface area contributed by atoms with E-state index in [4.69, 9.17) is 10.8 Å². The summed E-state index contributed by atoms with van der Waals surface area (Å²) < 4.78 is 1.33. The summed E-state index contributed by atoms with van der Waals surface area (Å²) in [7, 11) is 0. The molecule has 6 nitrogen and oxygen atoms in total. The molecule has 0 spiro atoms. The van der Waals surface area contributed by atoms with Crippen LogP contribution in [-0.2, 0) is 11.2 Å². The van der Waals surface area contributed by atoms with Crippen LogP contribution < -0.4 is 5.49 Å². The van der Waals surface area contributed by atoms with Gasteiger partial charge in [-0.2, -0.15) is 5.10 Å². The summed E-state index contributed by atoms with van der Waals surface area (Å²) in [5.41, 5.74) is 2.65. The lowest BCUT2D eigenvalue weighted by atomic mass is 10.1. The molecule has 138 valence electrons. The second kappa shape index (κ2) is 7.74. The fraction of sp³-hybridized carbons (Fsp3) is 0.0952. The van der Waals surface area contributed by atoms with Gasteiger partial charge in [0.1, 0.15) is 17.6 Å². The third kappa shape index (κ3) is 3.70. The molecule has 1 atom stereocenters. The van der Waals surface area contributed by atoms with Crippen molar-refractivity contribution >= 4 is 39.7 Å². The van der Waals surface area contributed by atoms with Crippen LogP contribution in [0.4, 0.5) is 0 Å². The molecule has 0 fully saturated rings. The first-order valence-corrected chi connectivity index (χ1v) is 9.59. The summed E-state index contributed by atoms with van der Waals surface area (Å²) >= 11 is 1.41. The molecule has 0 aliphatic carbocycles. The van der Waals surface area contributed by atoms with Gasteiger partial charge in [-0.15, -0.1) is 11.8 Å². The van der Waals surface area contributed by atoms with Crippen LogP contribution in [-0.4, -0.2) is 32.1 Å². The SMILES string of the molecule is N=C(Cc1ccc2ncccc2c1)n1nc(C2=CC=CC(C=O)S2)ccc1=N. The smallest absolute Gasteiger partial charge is 0.148 e. The second-order valence-electron chi connectivity index (χ2n) is 6.30. The number of hydrogen-bond donors (Lipinski definition) is 2. The molecular formula is C21H17N5OS. The Morgan fingerprint density at radius 2 is 2.14 bits per heavy atom. The molecule has 0 saturated carbocycles. The van der Waals surface area contributed by atoms with Crippen LogP contribution in [0, 0.1) is 10.8 Å². The first-order valence-electron chi connectivity index (χ1n) is 8.71. The first-order chi connectivity index (χ1) is 13.6. The van der Waals surface area contributed by atoms with E-state index in [1.807, 2.05) is 48.6 Å². The summed E-state index contributed by atoms with van der Waals surface area (Å²) in [6.07, 6.45) is 8.54. The van der Waals surface area contributed by atoms with Gasteiger partial charge in [0.15, 0.2) is 0 Å². The normalized spacial score (nSPS) is 16.0. The van der Waals surface area contributed by atoms with Crippen molar-refractivity contribution in [1.82, 2.24) is 14.8 Å². The zero-order chi connectivity index (χ0) is 19.5. The molecule has 7 heteroatoms. The van der Waals surface area contributed by atoms with Gasteiger partial charge in [0, 0.05) is 22.9 Å². The van der Waals surface area contributed by atoms with E-state index in [-0.39, 0.29) is 16.6 Å². The van der Waals surface area contributed by atoms with Gasteiger partial charge in [0.2, 0.25) is 0 Å². The lowest BCUT2D eigenvalue weighted by Crippen LogP contribution is -2.30.